The molecule has 3 nitrogen and oxygen atoms in total. The van der Waals surface area contributed by atoms with Crippen molar-refractivity contribution >= 4 is 11.9 Å². The number of nitroso groups, excluding NO2 is 1. The molecule has 0 aromatic carbocycles. The van der Waals surface area contributed by atoms with Crippen molar-refractivity contribution in [1.82, 2.24) is 5.32 Å². The van der Waals surface area contributed by atoms with Gasteiger partial charge in [0, 0.05) is 21.3 Å². The van der Waals surface area contributed by atoms with E-state index in [9.17, 15) is 4.91 Å². The second kappa shape index (κ2) is 4.07. The van der Waals surface area contributed by atoms with Gasteiger partial charge < -0.3 is 5.32 Å². The lowest BCUT2D eigenvalue weighted by Gasteiger charge is -2.32. The maximum atomic E-state index is 10.1. The molecule has 0 aromatic heterocycles. The van der Waals surface area contributed by atoms with Crippen LogP contribution in [0.3, 0.4) is 0 Å². The van der Waals surface area contributed by atoms with Gasteiger partial charge in [0.1, 0.15) is 0 Å². The topological polar surface area (TPSA) is 41.5 Å². The molecule has 0 amide bonds. The third-order valence-electron chi connectivity index (χ3n) is 2.20. The Morgan fingerprint density at radius 1 is 1.55 bits per heavy atom. The van der Waals surface area contributed by atoms with Crippen LogP contribution in [0.4, 0.5) is 0 Å². The van der Waals surface area contributed by atoms with Crippen LogP contribution in [0.15, 0.2) is 4.58 Å². The lowest BCUT2D eigenvalue weighted by Crippen LogP contribution is -2.38. The Morgan fingerprint density at radius 3 is 2.64 bits per heavy atom. The molecule has 0 aliphatic carbocycles. The fraction of sp³-hybridized carbons (Fsp3) is 0.857. The lowest BCUT2D eigenvalue weighted by atomic mass is 9.94. The van der Waals surface area contributed by atoms with Gasteiger partial charge in [0.15, 0.2) is 0 Å². The predicted molar refractivity (Wildman–Crippen MR) is 48.2 cm³/mol. The second-order valence-corrected chi connectivity index (χ2v) is 4.05. The quantitative estimate of drug-likeness (QED) is 0.522. The number of nitrogens with zero attached hydrogens (tertiary/aromatic N) is 1. The maximum Gasteiger partial charge on any atom is 0.0436 e. The van der Waals surface area contributed by atoms with Gasteiger partial charge in [0.25, 0.3) is 0 Å². The molecule has 63 valence electrons. The molecule has 11 heavy (non-hydrogen) atoms. The molecular weight excluding hydrogens is 160 g/mol. The zero-order valence-electron chi connectivity index (χ0n) is 6.51. The van der Waals surface area contributed by atoms with Gasteiger partial charge in [-0.3, -0.25) is 0 Å². The number of hydrogen-bond donors (Lipinski definition) is 1. The highest BCUT2D eigenvalue weighted by Gasteiger charge is 2.31. The molecule has 1 rings (SSSR count). The molecule has 0 bridgehead atoms. The Kier molecular flexibility index (Phi) is 3.33. The minimum atomic E-state index is 0.0347. The molecule has 0 spiro atoms. The fourth-order valence-corrected chi connectivity index (χ4v) is 1.98. The maximum absolute atomic E-state index is 10.1. The summed E-state index contributed by atoms with van der Waals surface area (Å²) < 4.78 is 2.94. The van der Waals surface area contributed by atoms with Crippen LogP contribution in [-0.4, -0.2) is 17.8 Å². The van der Waals surface area contributed by atoms with Crippen molar-refractivity contribution in [3.63, 3.8) is 0 Å². The Bertz CT molecular complexity index is 134. The van der Waals surface area contributed by atoms with Crippen LogP contribution >= 0.6 is 11.9 Å². The molecule has 4 heteroatoms. The number of rotatable bonds is 3. The summed E-state index contributed by atoms with van der Waals surface area (Å²) in [5.74, 6) is 0. The van der Waals surface area contributed by atoms with Crippen molar-refractivity contribution < 1.29 is 0 Å². The van der Waals surface area contributed by atoms with Crippen LogP contribution < -0.4 is 5.32 Å². The fourth-order valence-electron chi connectivity index (χ4n) is 1.35. The van der Waals surface area contributed by atoms with E-state index in [1.807, 2.05) is 0 Å². The zero-order valence-corrected chi connectivity index (χ0v) is 7.32. The van der Waals surface area contributed by atoms with Crippen molar-refractivity contribution in [3.8, 4) is 0 Å². The standard InChI is InChI=1S/C7H13N2OS/c1-2-7(11-9-10)3-5-8-6-4-7/h8H,1-6H2. The third-order valence-corrected chi connectivity index (χ3v) is 3.28. The van der Waals surface area contributed by atoms with E-state index in [4.69, 9.17) is 0 Å². The van der Waals surface area contributed by atoms with Crippen molar-refractivity contribution in [2.24, 2.45) is 4.58 Å². The van der Waals surface area contributed by atoms with Crippen molar-refractivity contribution in [2.75, 3.05) is 13.1 Å². The van der Waals surface area contributed by atoms with E-state index < -0.39 is 0 Å². The van der Waals surface area contributed by atoms with Gasteiger partial charge in [-0.1, -0.05) is 6.92 Å². The van der Waals surface area contributed by atoms with E-state index in [0.29, 0.717) is 0 Å². The van der Waals surface area contributed by atoms with Crippen LogP contribution in [0.2, 0.25) is 0 Å². The summed E-state index contributed by atoms with van der Waals surface area (Å²) in [5, 5.41) is 3.25. The predicted octanol–water partition coefficient (Wildman–Crippen LogP) is 1.75. The lowest BCUT2D eigenvalue weighted by molar-refractivity contribution is 0.415. The van der Waals surface area contributed by atoms with Gasteiger partial charge in [0.2, 0.25) is 0 Å². The first kappa shape index (κ1) is 9.00. The SMILES string of the molecule is [CH2]CC1(SN=O)CCNCC1. The van der Waals surface area contributed by atoms with E-state index >= 15 is 0 Å². The van der Waals surface area contributed by atoms with Gasteiger partial charge in [-0.15, -0.1) is 4.91 Å². The summed E-state index contributed by atoms with van der Waals surface area (Å²) >= 11 is 1.17. The molecule has 1 N–H and O–H groups in total. The number of piperidine rings is 1. The van der Waals surface area contributed by atoms with E-state index in [2.05, 4.69) is 16.8 Å². The van der Waals surface area contributed by atoms with Crippen LogP contribution in [0.1, 0.15) is 19.3 Å². The molecule has 0 atom stereocenters. The van der Waals surface area contributed by atoms with Crippen LogP contribution in [0.25, 0.3) is 0 Å². The molecule has 1 aliphatic heterocycles. The van der Waals surface area contributed by atoms with Crippen molar-refractivity contribution in [2.45, 2.75) is 24.0 Å². The first-order chi connectivity index (χ1) is 5.33. The van der Waals surface area contributed by atoms with Gasteiger partial charge in [0.05, 0.1) is 0 Å². The minimum Gasteiger partial charge on any atom is -0.317 e. The number of hydrogen-bond acceptors (Lipinski definition) is 4. The molecule has 1 fully saturated rings. The summed E-state index contributed by atoms with van der Waals surface area (Å²) in [6.45, 7) is 5.82. The highest BCUT2D eigenvalue weighted by Crippen LogP contribution is 2.37. The Balaban J connectivity index is 2.49. The van der Waals surface area contributed by atoms with E-state index in [-0.39, 0.29) is 4.75 Å². The minimum absolute atomic E-state index is 0.0347. The van der Waals surface area contributed by atoms with Gasteiger partial charge in [-0.05, 0) is 32.4 Å². The van der Waals surface area contributed by atoms with Crippen LogP contribution in [0.5, 0.6) is 0 Å². The molecule has 0 unspecified atom stereocenters. The first-order valence-corrected chi connectivity index (χ1v) is 4.61. The Morgan fingerprint density at radius 2 is 2.18 bits per heavy atom. The van der Waals surface area contributed by atoms with Crippen molar-refractivity contribution in [3.05, 3.63) is 11.8 Å². The third kappa shape index (κ3) is 2.17. The highest BCUT2D eigenvalue weighted by atomic mass is 32.2. The molecule has 0 aromatic rings. The summed E-state index contributed by atoms with van der Waals surface area (Å²) in [6, 6.07) is 0. The molecule has 1 saturated heterocycles. The zero-order chi connectivity index (χ0) is 8.16. The summed E-state index contributed by atoms with van der Waals surface area (Å²) in [4.78, 5) is 10.1. The summed E-state index contributed by atoms with van der Waals surface area (Å²) in [7, 11) is 0. The largest absolute Gasteiger partial charge is 0.317 e. The average Bonchev–Trinajstić information content (AvgIpc) is 2.07. The highest BCUT2D eigenvalue weighted by molar-refractivity contribution is 7.99. The van der Waals surface area contributed by atoms with Gasteiger partial charge in [-0.2, -0.15) is 0 Å². The van der Waals surface area contributed by atoms with E-state index in [1.54, 1.807) is 0 Å². The summed E-state index contributed by atoms with van der Waals surface area (Å²) in [5.41, 5.74) is 0. The summed E-state index contributed by atoms with van der Waals surface area (Å²) in [6.07, 6.45) is 2.81. The molecule has 1 radical (unpaired) electrons. The van der Waals surface area contributed by atoms with Crippen molar-refractivity contribution in [1.29, 1.82) is 0 Å². The smallest absolute Gasteiger partial charge is 0.0436 e. The monoisotopic (exact) mass is 173 g/mol. The first-order valence-electron chi connectivity index (χ1n) is 3.84. The average molecular weight is 173 g/mol. The molecule has 1 heterocycles. The van der Waals surface area contributed by atoms with Gasteiger partial charge in [-0.25, -0.2) is 0 Å². The molecule has 0 saturated carbocycles. The van der Waals surface area contributed by atoms with E-state index in [0.717, 1.165) is 32.4 Å². The Labute approximate surface area is 71.4 Å². The second-order valence-electron chi connectivity index (χ2n) is 2.85. The van der Waals surface area contributed by atoms with Crippen LogP contribution in [-0.2, 0) is 0 Å². The molecule has 1 aliphatic rings. The number of nitrogens with one attached hydrogen (secondary N) is 1. The van der Waals surface area contributed by atoms with Gasteiger partial charge >= 0.3 is 0 Å². The normalized spacial score (nSPS) is 23.0. The molecular formula is C7H13N2OS. The Hall–Kier alpha value is -0.0900. The van der Waals surface area contributed by atoms with Crippen LogP contribution in [0, 0.1) is 11.8 Å². The van der Waals surface area contributed by atoms with E-state index in [1.165, 1.54) is 11.9 Å².